The van der Waals surface area contributed by atoms with E-state index in [1.165, 1.54) is 11.6 Å². The fourth-order valence-electron chi connectivity index (χ4n) is 6.29. The minimum Gasteiger partial charge on any atom is -0.480 e. The summed E-state index contributed by atoms with van der Waals surface area (Å²) in [7, 11) is -7.51. The van der Waals surface area contributed by atoms with Crippen LogP contribution < -0.4 is 0 Å². The Morgan fingerprint density at radius 3 is 1.28 bits per heavy atom. The molecule has 314 valence electrons. The van der Waals surface area contributed by atoms with Crippen molar-refractivity contribution in [2.24, 2.45) is 0 Å². The van der Waals surface area contributed by atoms with Crippen molar-refractivity contribution in [3.8, 4) is 0 Å². The Bertz CT molecular complexity index is 2070. The van der Waals surface area contributed by atoms with Crippen molar-refractivity contribution in [3.63, 3.8) is 0 Å². The molecule has 0 fully saturated rings. The molecule has 0 saturated heterocycles. The molecular formula is C45H53Cl3O8S2. The highest BCUT2D eigenvalue weighted by atomic mass is 35.5. The molecule has 2 unspecified atom stereocenters. The fourth-order valence-corrected chi connectivity index (χ4v) is 9.71. The second-order valence-corrected chi connectivity index (χ2v) is 19.8. The summed E-state index contributed by atoms with van der Waals surface area (Å²) in [6.45, 7) is 0. The van der Waals surface area contributed by atoms with Gasteiger partial charge in [-0.1, -0.05) is 134 Å². The molecule has 0 aromatic heterocycles. The van der Waals surface area contributed by atoms with E-state index >= 15 is 0 Å². The molecule has 4 aromatic carbocycles. The fraction of sp³-hybridized carbons (Fsp3) is 0.378. The van der Waals surface area contributed by atoms with Crippen LogP contribution in [0.4, 0.5) is 0 Å². The Morgan fingerprint density at radius 1 is 0.500 bits per heavy atom. The van der Waals surface area contributed by atoms with Gasteiger partial charge in [0.1, 0.15) is 0 Å². The minimum absolute atomic E-state index is 0.0740. The highest BCUT2D eigenvalue weighted by molar-refractivity contribution is 7.95. The van der Waals surface area contributed by atoms with Crippen molar-refractivity contribution in [1.29, 1.82) is 0 Å². The molecule has 0 amide bonds. The number of aliphatic carboxylic acids is 2. The number of sulfone groups is 2. The third-order valence-electron chi connectivity index (χ3n) is 9.63. The predicted octanol–water partition coefficient (Wildman–Crippen LogP) is 11.4. The average molecular weight is 892 g/mol. The number of carboxylic acid groups (broad SMARTS) is 2. The summed E-state index contributed by atoms with van der Waals surface area (Å²) in [4.78, 5) is 23.0. The van der Waals surface area contributed by atoms with Gasteiger partial charge in [-0.25, -0.2) is 16.8 Å². The summed E-state index contributed by atoms with van der Waals surface area (Å²) in [6.07, 6.45) is 10.8. The monoisotopic (exact) mass is 890 g/mol. The molecule has 0 aliphatic rings. The van der Waals surface area contributed by atoms with E-state index in [-0.39, 0.29) is 18.6 Å². The summed E-state index contributed by atoms with van der Waals surface area (Å²) in [5.74, 6) is -2.61. The van der Waals surface area contributed by atoms with E-state index in [1.807, 2.05) is 78.9 Å². The standard InChI is InChI=1S/C24H30Cl2O4S.C21H23ClO4S/c25-21-14-10-19(11-15-21)7-3-1-5-9-23(24(27)28)31(29,30)18-6-2-4-8-20-12-16-22(26)17-13-20;22-19-13-11-18(12-14-19)9-5-2-6-10-20(21(23)24)27(25,26)16-15-17-7-3-1-4-8-17/h10-17,23H,1-9,18H2,(H,27,28);1,3-4,7-8,11-16,20H,2,5-6,9-10H2,(H,23,24). The smallest absolute Gasteiger partial charge is 0.322 e. The molecule has 2 atom stereocenters. The van der Waals surface area contributed by atoms with Gasteiger partial charge >= 0.3 is 11.9 Å². The van der Waals surface area contributed by atoms with Gasteiger partial charge in [-0.15, -0.1) is 0 Å². The molecule has 58 heavy (non-hydrogen) atoms. The number of aryl methyl sites for hydroxylation is 3. The molecule has 0 aliphatic carbocycles. The Morgan fingerprint density at radius 2 is 0.879 bits per heavy atom. The van der Waals surface area contributed by atoms with Gasteiger partial charge in [0, 0.05) is 20.5 Å². The third-order valence-corrected chi connectivity index (χ3v) is 14.3. The zero-order valence-corrected chi connectivity index (χ0v) is 36.4. The van der Waals surface area contributed by atoms with Crippen LogP contribution in [0.15, 0.2) is 109 Å². The number of hydrogen-bond acceptors (Lipinski definition) is 6. The first kappa shape index (κ1) is 48.7. The molecule has 0 radical (unpaired) electrons. The first-order chi connectivity index (χ1) is 27.7. The van der Waals surface area contributed by atoms with Gasteiger partial charge in [0.05, 0.1) is 5.75 Å². The third kappa shape index (κ3) is 18.9. The van der Waals surface area contributed by atoms with Gasteiger partial charge in [-0.2, -0.15) is 0 Å². The Balaban J connectivity index is 0.000000313. The molecule has 4 aromatic rings. The van der Waals surface area contributed by atoms with E-state index in [0.29, 0.717) is 39.9 Å². The van der Waals surface area contributed by atoms with Crippen LogP contribution in [0, 0.1) is 0 Å². The van der Waals surface area contributed by atoms with E-state index in [1.54, 1.807) is 24.3 Å². The largest absolute Gasteiger partial charge is 0.480 e. The van der Waals surface area contributed by atoms with Crippen LogP contribution in [0.1, 0.15) is 92.9 Å². The quantitative estimate of drug-likeness (QED) is 0.0662. The van der Waals surface area contributed by atoms with Crippen LogP contribution in [0.3, 0.4) is 0 Å². The lowest BCUT2D eigenvalue weighted by Gasteiger charge is -2.13. The van der Waals surface area contributed by atoms with Gasteiger partial charge in [-0.3, -0.25) is 9.59 Å². The van der Waals surface area contributed by atoms with Crippen LogP contribution in [0.5, 0.6) is 0 Å². The first-order valence-electron chi connectivity index (χ1n) is 19.5. The van der Waals surface area contributed by atoms with Crippen molar-refractivity contribution < 1.29 is 36.6 Å². The molecular weight excluding hydrogens is 839 g/mol. The predicted molar refractivity (Wildman–Crippen MR) is 237 cm³/mol. The highest BCUT2D eigenvalue weighted by Crippen LogP contribution is 2.20. The average Bonchev–Trinajstić information content (AvgIpc) is 3.19. The lowest BCUT2D eigenvalue weighted by molar-refractivity contribution is -0.137. The summed E-state index contributed by atoms with van der Waals surface area (Å²) in [5.41, 5.74) is 4.21. The second-order valence-electron chi connectivity index (χ2n) is 14.2. The van der Waals surface area contributed by atoms with E-state index < -0.39 is 42.1 Å². The summed E-state index contributed by atoms with van der Waals surface area (Å²) < 4.78 is 49.9. The molecule has 4 rings (SSSR count). The highest BCUT2D eigenvalue weighted by Gasteiger charge is 2.31. The number of halogens is 3. The van der Waals surface area contributed by atoms with Crippen LogP contribution in [-0.4, -0.2) is 55.2 Å². The van der Waals surface area contributed by atoms with Crippen molar-refractivity contribution in [2.45, 2.75) is 100 Å². The van der Waals surface area contributed by atoms with E-state index in [0.717, 1.165) is 74.3 Å². The van der Waals surface area contributed by atoms with Crippen LogP contribution in [0.2, 0.25) is 15.1 Å². The van der Waals surface area contributed by atoms with Gasteiger partial charge in [0.15, 0.2) is 30.2 Å². The van der Waals surface area contributed by atoms with Gasteiger partial charge in [0.25, 0.3) is 0 Å². The number of carboxylic acids is 2. The summed E-state index contributed by atoms with van der Waals surface area (Å²) in [6, 6.07) is 31.8. The molecule has 0 bridgehead atoms. The second kappa shape index (κ2) is 25.7. The summed E-state index contributed by atoms with van der Waals surface area (Å²) >= 11 is 17.6. The van der Waals surface area contributed by atoms with Crippen LogP contribution in [-0.2, 0) is 48.5 Å². The number of rotatable bonds is 24. The Hall–Kier alpha value is -3.67. The van der Waals surface area contributed by atoms with Gasteiger partial charge in [-0.05, 0) is 123 Å². The maximum atomic E-state index is 12.6. The van der Waals surface area contributed by atoms with Crippen molar-refractivity contribution in [1.82, 2.24) is 0 Å². The van der Waals surface area contributed by atoms with Crippen LogP contribution >= 0.6 is 34.8 Å². The molecule has 0 aliphatic heterocycles. The maximum Gasteiger partial charge on any atom is 0.322 e. The van der Waals surface area contributed by atoms with Gasteiger partial charge in [0.2, 0.25) is 0 Å². The molecule has 8 nitrogen and oxygen atoms in total. The Labute approximate surface area is 359 Å². The minimum atomic E-state index is -3.86. The van der Waals surface area contributed by atoms with Crippen LogP contribution in [0.25, 0.3) is 6.08 Å². The molecule has 0 saturated carbocycles. The summed E-state index contributed by atoms with van der Waals surface area (Å²) in [5, 5.41) is 19.2. The topological polar surface area (TPSA) is 143 Å². The maximum absolute atomic E-state index is 12.6. The molecule has 2 N–H and O–H groups in total. The SMILES string of the molecule is O=C(O)C(CCCCCc1ccc(Cl)cc1)S(=O)(=O)C=Cc1ccccc1.O=C(O)C(CCCCCc1ccc(Cl)cc1)S(=O)(=O)CCCCCc1ccc(Cl)cc1. The normalized spacial score (nSPS) is 12.7. The lowest BCUT2D eigenvalue weighted by atomic mass is 10.1. The zero-order chi connectivity index (χ0) is 42.4. The lowest BCUT2D eigenvalue weighted by Crippen LogP contribution is -2.32. The van der Waals surface area contributed by atoms with E-state index in [4.69, 9.17) is 34.8 Å². The molecule has 13 heteroatoms. The van der Waals surface area contributed by atoms with Gasteiger partial charge < -0.3 is 10.2 Å². The molecule has 0 spiro atoms. The molecule has 0 heterocycles. The van der Waals surface area contributed by atoms with Crippen molar-refractivity contribution >= 4 is 72.5 Å². The van der Waals surface area contributed by atoms with Crippen molar-refractivity contribution in [3.05, 3.63) is 146 Å². The zero-order valence-electron chi connectivity index (χ0n) is 32.5. The number of carbonyl (C=O) groups is 2. The first-order valence-corrected chi connectivity index (χ1v) is 24.0. The number of benzene rings is 4. The van der Waals surface area contributed by atoms with Crippen molar-refractivity contribution in [2.75, 3.05) is 5.75 Å². The number of hydrogen-bond donors (Lipinski definition) is 2. The Kier molecular flexibility index (Phi) is 21.6. The number of unbranched alkanes of at least 4 members (excludes halogenated alkanes) is 6. The van der Waals surface area contributed by atoms with E-state index in [2.05, 4.69) is 0 Å². The van der Waals surface area contributed by atoms with E-state index in [9.17, 15) is 36.6 Å².